The van der Waals surface area contributed by atoms with Gasteiger partial charge in [-0.25, -0.2) is 4.99 Å². The first kappa shape index (κ1) is 19.0. The Hall–Kier alpha value is -1.36. The Balaban J connectivity index is 2.28. The maximum absolute atomic E-state index is 8.69. The Bertz CT molecular complexity index is 747. The summed E-state index contributed by atoms with van der Waals surface area (Å²) >= 11 is 1.67. The van der Waals surface area contributed by atoms with Crippen molar-refractivity contribution in [3.05, 3.63) is 29.1 Å². The quantitative estimate of drug-likeness (QED) is 0.384. The smallest absolute Gasteiger partial charge is 0.222 e. The maximum atomic E-state index is 8.69. The molecule has 1 aromatic carbocycles. The Labute approximate surface area is 155 Å². The standard InChI is InChI=1S/C17H22N4S3/c1-12(2)21(13(3)4)17-20-16(23-24-17)19-14-8-5-6-9-15(14)22-11-7-10-18/h5-6,8-9,12-13H,7,11H2,1-4H3. The van der Waals surface area contributed by atoms with Crippen LogP contribution in [0.15, 0.2) is 34.2 Å². The fourth-order valence-electron chi connectivity index (χ4n) is 2.36. The van der Waals surface area contributed by atoms with E-state index >= 15 is 0 Å². The highest BCUT2D eigenvalue weighted by Crippen LogP contribution is 2.30. The highest BCUT2D eigenvalue weighted by atomic mass is 32.9. The molecule has 128 valence electrons. The number of rotatable bonds is 7. The molecule has 0 unspecified atom stereocenters. The van der Waals surface area contributed by atoms with Crippen molar-refractivity contribution < 1.29 is 0 Å². The molecule has 0 saturated heterocycles. The SMILES string of the molecule is CC(C)N(c1nc(=Nc2ccccc2SCCC#N)ss1)C(C)C. The Morgan fingerprint density at radius 3 is 2.58 bits per heavy atom. The van der Waals surface area contributed by atoms with Crippen LogP contribution in [0.3, 0.4) is 0 Å². The van der Waals surface area contributed by atoms with Gasteiger partial charge in [0.15, 0.2) is 5.13 Å². The number of benzene rings is 1. The molecule has 0 fully saturated rings. The van der Waals surface area contributed by atoms with Crippen LogP contribution in [0.1, 0.15) is 34.1 Å². The Morgan fingerprint density at radius 2 is 1.92 bits per heavy atom. The number of hydrogen-bond donors (Lipinski definition) is 0. The van der Waals surface area contributed by atoms with E-state index in [1.807, 2.05) is 24.3 Å². The van der Waals surface area contributed by atoms with Crippen LogP contribution in [-0.4, -0.2) is 22.8 Å². The normalized spacial score (nSPS) is 12.0. The van der Waals surface area contributed by atoms with Crippen molar-refractivity contribution in [1.82, 2.24) is 4.98 Å². The number of aromatic nitrogens is 1. The van der Waals surface area contributed by atoms with E-state index in [1.54, 1.807) is 32.4 Å². The van der Waals surface area contributed by atoms with E-state index in [4.69, 9.17) is 15.2 Å². The first-order valence-corrected chi connectivity index (χ1v) is 11.1. The van der Waals surface area contributed by atoms with Gasteiger partial charge < -0.3 is 4.90 Å². The van der Waals surface area contributed by atoms with E-state index < -0.39 is 0 Å². The van der Waals surface area contributed by atoms with Crippen molar-refractivity contribution in [2.75, 3.05) is 10.7 Å². The summed E-state index contributed by atoms with van der Waals surface area (Å²) in [6, 6.07) is 11.0. The molecule has 0 bridgehead atoms. The van der Waals surface area contributed by atoms with Gasteiger partial charge in [-0.1, -0.05) is 12.1 Å². The molecule has 1 heterocycles. The molecule has 0 amide bonds. The van der Waals surface area contributed by atoms with Gasteiger partial charge >= 0.3 is 0 Å². The van der Waals surface area contributed by atoms with Crippen LogP contribution < -0.4 is 9.70 Å². The summed E-state index contributed by atoms with van der Waals surface area (Å²) in [5, 5.41) is 9.72. The van der Waals surface area contributed by atoms with E-state index in [1.165, 1.54) is 0 Å². The van der Waals surface area contributed by atoms with Crippen molar-refractivity contribution in [1.29, 1.82) is 5.26 Å². The fourth-order valence-corrected chi connectivity index (χ4v) is 5.35. The molecule has 2 aromatic rings. The molecule has 1 aromatic heterocycles. The van der Waals surface area contributed by atoms with Gasteiger partial charge in [-0.05, 0) is 60.5 Å². The van der Waals surface area contributed by atoms with Crippen LogP contribution in [0.5, 0.6) is 0 Å². The first-order valence-electron chi connectivity index (χ1n) is 7.92. The zero-order valence-corrected chi connectivity index (χ0v) is 16.8. The molecule has 4 nitrogen and oxygen atoms in total. The van der Waals surface area contributed by atoms with E-state index in [2.05, 4.69) is 38.7 Å². The van der Waals surface area contributed by atoms with Crippen LogP contribution in [0, 0.1) is 11.3 Å². The lowest BCUT2D eigenvalue weighted by Crippen LogP contribution is -2.37. The second-order valence-electron chi connectivity index (χ2n) is 5.77. The monoisotopic (exact) mass is 378 g/mol. The molecule has 0 aliphatic rings. The Morgan fingerprint density at radius 1 is 1.21 bits per heavy atom. The van der Waals surface area contributed by atoms with Crippen molar-refractivity contribution >= 4 is 43.3 Å². The molecule has 0 spiro atoms. The van der Waals surface area contributed by atoms with Crippen molar-refractivity contribution in [3.63, 3.8) is 0 Å². The van der Waals surface area contributed by atoms with Gasteiger partial charge in [-0.2, -0.15) is 10.2 Å². The largest absolute Gasteiger partial charge is 0.343 e. The van der Waals surface area contributed by atoms with Crippen molar-refractivity contribution in [2.24, 2.45) is 4.99 Å². The highest BCUT2D eigenvalue weighted by Gasteiger charge is 2.17. The molecule has 0 atom stereocenters. The van der Waals surface area contributed by atoms with E-state index in [0.717, 1.165) is 26.3 Å². The summed E-state index contributed by atoms with van der Waals surface area (Å²) in [4.78, 5) is 13.6. The second kappa shape index (κ2) is 9.21. The topological polar surface area (TPSA) is 52.3 Å². The molecule has 0 saturated carbocycles. The first-order chi connectivity index (χ1) is 11.5. The summed E-state index contributed by atoms with van der Waals surface area (Å²) in [5.74, 6) is 0.781. The molecule has 24 heavy (non-hydrogen) atoms. The third-order valence-electron chi connectivity index (χ3n) is 3.27. The molecule has 7 heteroatoms. The van der Waals surface area contributed by atoms with Crippen LogP contribution in [-0.2, 0) is 0 Å². The van der Waals surface area contributed by atoms with Gasteiger partial charge in [0.25, 0.3) is 0 Å². The summed E-state index contributed by atoms with van der Waals surface area (Å²) in [7, 11) is 3.28. The molecular weight excluding hydrogens is 356 g/mol. The molecule has 0 aliphatic carbocycles. The lowest BCUT2D eigenvalue weighted by molar-refractivity contribution is 0.605. The molecule has 0 N–H and O–H groups in total. The van der Waals surface area contributed by atoms with Crippen molar-refractivity contribution in [3.8, 4) is 6.07 Å². The van der Waals surface area contributed by atoms with Gasteiger partial charge in [-0.3, -0.25) is 0 Å². The zero-order valence-electron chi connectivity index (χ0n) is 14.4. The van der Waals surface area contributed by atoms with Crippen LogP contribution in [0.25, 0.3) is 0 Å². The van der Waals surface area contributed by atoms with E-state index in [-0.39, 0.29) is 0 Å². The summed E-state index contributed by atoms with van der Waals surface area (Å²) in [5.41, 5.74) is 0.925. The van der Waals surface area contributed by atoms with Crippen LogP contribution in [0.2, 0.25) is 0 Å². The van der Waals surface area contributed by atoms with Gasteiger partial charge in [0, 0.05) is 29.2 Å². The van der Waals surface area contributed by atoms with E-state index in [0.29, 0.717) is 18.5 Å². The molecule has 0 radical (unpaired) electrons. The van der Waals surface area contributed by atoms with Gasteiger partial charge in [0.05, 0.1) is 11.8 Å². The molecule has 2 rings (SSSR count). The number of nitriles is 1. The number of hydrogen-bond acceptors (Lipinski definition) is 7. The van der Waals surface area contributed by atoms with Gasteiger partial charge in [0.2, 0.25) is 4.80 Å². The minimum absolute atomic E-state index is 0.407. The summed E-state index contributed by atoms with van der Waals surface area (Å²) < 4.78 is 0. The predicted octanol–water partition coefficient (Wildman–Crippen LogP) is 5.07. The second-order valence-corrected chi connectivity index (χ2v) is 8.97. The summed E-state index contributed by atoms with van der Waals surface area (Å²) in [6.07, 6.45) is 0.542. The van der Waals surface area contributed by atoms with Crippen LogP contribution >= 0.6 is 32.4 Å². The average Bonchev–Trinajstić information content (AvgIpc) is 2.96. The minimum Gasteiger partial charge on any atom is -0.343 e. The minimum atomic E-state index is 0.407. The third kappa shape index (κ3) is 5.07. The van der Waals surface area contributed by atoms with Gasteiger partial charge in [-0.15, -0.1) is 11.8 Å². The fraction of sp³-hybridized carbons (Fsp3) is 0.471. The third-order valence-corrected chi connectivity index (χ3v) is 6.34. The molecule has 0 aliphatic heterocycles. The average molecular weight is 379 g/mol. The molecular formula is C17H22N4S3. The van der Waals surface area contributed by atoms with E-state index in [9.17, 15) is 0 Å². The summed E-state index contributed by atoms with van der Waals surface area (Å²) in [6.45, 7) is 8.74. The van der Waals surface area contributed by atoms with Crippen molar-refractivity contribution in [2.45, 2.75) is 51.1 Å². The van der Waals surface area contributed by atoms with Crippen LogP contribution in [0.4, 0.5) is 10.8 Å². The number of nitrogens with zero attached hydrogens (tertiary/aromatic N) is 4. The highest BCUT2D eigenvalue weighted by molar-refractivity contribution is 7.99. The lowest BCUT2D eigenvalue weighted by Gasteiger charge is -2.29. The maximum Gasteiger partial charge on any atom is 0.222 e. The number of anilines is 1. The number of para-hydroxylation sites is 1. The lowest BCUT2D eigenvalue weighted by atomic mass is 10.2. The predicted molar refractivity (Wildman–Crippen MR) is 105 cm³/mol. The Kier molecular flexibility index (Phi) is 7.28. The van der Waals surface area contributed by atoms with Gasteiger partial charge in [0.1, 0.15) is 0 Å². The zero-order chi connectivity index (χ0) is 17.5. The number of thioether (sulfide) groups is 1.